The van der Waals surface area contributed by atoms with Crippen molar-refractivity contribution in [2.75, 3.05) is 11.9 Å². The molecule has 0 unspecified atom stereocenters. The Morgan fingerprint density at radius 1 is 1.10 bits per heavy atom. The van der Waals surface area contributed by atoms with E-state index in [1.54, 1.807) is 0 Å². The van der Waals surface area contributed by atoms with Crippen molar-refractivity contribution in [2.24, 2.45) is 0 Å². The van der Waals surface area contributed by atoms with Gasteiger partial charge in [-0.1, -0.05) is 13.0 Å². The number of anilines is 2. The largest absolute Gasteiger partial charge is 0.463 e. The summed E-state index contributed by atoms with van der Waals surface area (Å²) in [6, 6.07) is 6.36. The van der Waals surface area contributed by atoms with Crippen molar-refractivity contribution in [1.29, 1.82) is 0 Å². The van der Waals surface area contributed by atoms with Crippen molar-refractivity contribution >= 4 is 23.2 Å². The molecule has 0 saturated heterocycles. The lowest BCUT2D eigenvalue weighted by Crippen LogP contribution is -2.05. The highest BCUT2D eigenvalue weighted by Crippen LogP contribution is 2.19. The smallest absolute Gasteiger partial charge is 0.322 e. The molecule has 0 aliphatic rings. The summed E-state index contributed by atoms with van der Waals surface area (Å²) in [4.78, 5) is 12.2. The van der Waals surface area contributed by atoms with Crippen LogP contribution in [0.4, 0.5) is 11.6 Å². The summed E-state index contributed by atoms with van der Waals surface area (Å²) < 4.78 is 5.38. The Morgan fingerprint density at radius 3 is 2.45 bits per heavy atom. The van der Waals surface area contributed by atoms with E-state index in [2.05, 4.69) is 26.3 Å². The van der Waals surface area contributed by atoms with Crippen molar-refractivity contribution in [3.8, 4) is 6.01 Å². The zero-order valence-corrected chi connectivity index (χ0v) is 12.5. The van der Waals surface area contributed by atoms with Crippen LogP contribution in [0.5, 0.6) is 6.01 Å². The van der Waals surface area contributed by atoms with Crippen LogP contribution >= 0.6 is 11.6 Å². The van der Waals surface area contributed by atoms with Crippen LogP contribution in [0, 0.1) is 13.8 Å². The predicted octanol–water partition coefficient (Wildman–Crippen LogP) is 3.67. The molecule has 0 bridgehead atoms. The van der Waals surface area contributed by atoms with Crippen LogP contribution < -0.4 is 10.1 Å². The van der Waals surface area contributed by atoms with Crippen LogP contribution in [0.3, 0.4) is 0 Å². The quantitative estimate of drug-likeness (QED) is 0.911. The van der Waals surface area contributed by atoms with Crippen LogP contribution in [0.25, 0.3) is 0 Å². The van der Waals surface area contributed by atoms with E-state index in [-0.39, 0.29) is 11.3 Å². The number of benzene rings is 1. The topological polar surface area (TPSA) is 59.9 Å². The first-order chi connectivity index (χ1) is 9.56. The fraction of sp³-hybridized carbons (Fsp3) is 0.357. The first-order valence-corrected chi connectivity index (χ1v) is 6.84. The normalized spacial score (nSPS) is 10.4. The number of rotatable bonds is 5. The van der Waals surface area contributed by atoms with E-state index in [0.717, 1.165) is 23.2 Å². The molecule has 6 heteroatoms. The molecular formula is C14H17ClN4O. The average molecular weight is 293 g/mol. The fourth-order valence-electron chi connectivity index (χ4n) is 1.82. The Kier molecular flexibility index (Phi) is 4.74. The van der Waals surface area contributed by atoms with Gasteiger partial charge in [-0.15, -0.1) is 0 Å². The molecule has 2 rings (SSSR count). The lowest BCUT2D eigenvalue weighted by molar-refractivity contribution is 0.292. The zero-order chi connectivity index (χ0) is 14.5. The molecular weight excluding hydrogens is 276 g/mol. The Balaban J connectivity index is 2.21. The molecule has 1 heterocycles. The van der Waals surface area contributed by atoms with Gasteiger partial charge in [0.2, 0.25) is 11.2 Å². The minimum Gasteiger partial charge on any atom is -0.463 e. The number of nitrogens with zero attached hydrogens (tertiary/aromatic N) is 3. The van der Waals surface area contributed by atoms with Crippen LogP contribution in [0.1, 0.15) is 24.5 Å². The third-order valence-electron chi connectivity index (χ3n) is 2.50. The van der Waals surface area contributed by atoms with Crippen molar-refractivity contribution < 1.29 is 4.74 Å². The second kappa shape index (κ2) is 6.52. The molecule has 106 valence electrons. The first kappa shape index (κ1) is 14.5. The van der Waals surface area contributed by atoms with Crippen molar-refractivity contribution in [3.05, 3.63) is 34.6 Å². The molecule has 20 heavy (non-hydrogen) atoms. The molecule has 0 radical (unpaired) electrons. The first-order valence-electron chi connectivity index (χ1n) is 6.46. The molecule has 5 nitrogen and oxygen atoms in total. The van der Waals surface area contributed by atoms with Crippen molar-refractivity contribution in [2.45, 2.75) is 27.2 Å². The van der Waals surface area contributed by atoms with Gasteiger partial charge in [0, 0.05) is 5.69 Å². The summed E-state index contributed by atoms with van der Waals surface area (Å²) in [6.45, 7) is 6.63. The number of nitrogens with one attached hydrogen (secondary N) is 1. The molecule has 0 aliphatic heterocycles. The van der Waals surface area contributed by atoms with Gasteiger partial charge in [-0.25, -0.2) is 0 Å². The highest BCUT2D eigenvalue weighted by Gasteiger charge is 2.06. The highest BCUT2D eigenvalue weighted by molar-refractivity contribution is 6.28. The van der Waals surface area contributed by atoms with Gasteiger partial charge in [0.05, 0.1) is 6.61 Å². The molecule has 1 aromatic carbocycles. The standard InChI is InChI=1S/C14H17ClN4O/c1-4-5-20-14-18-12(15)17-13(19-14)16-11-7-9(2)6-10(3)8-11/h6-8H,4-5H2,1-3H3,(H,16,17,18,19). The van der Waals surface area contributed by atoms with Crippen molar-refractivity contribution in [1.82, 2.24) is 15.0 Å². The fourth-order valence-corrected chi connectivity index (χ4v) is 1.97. The number of aryl methyl sites for hydroxylation is 2. The third kappa shape index (κ3) is 4.06. The van der Waals surface area contributed by atoms with E-state index in [9.17, 15) is 0 Å². The number of hydrogen-bond acceptors (Lipinski definition) is 5. The third-order valence-corrected chi connectivity index (χ3v) is 2.67. The summed E-state index contributed by atoms with van der Waals surface area (Å²) in [6.07, 6.45) is 0.878. The number of aromatic nitrogens is 3. The molecule has 0 aliphatic carbocycles. The molecule has 0 fully saturated rings. The van der Waals surface area contributed by atoms with E-state index in [0.29, 0.717) is 12.6 Å². The van der Waals surface area contributed by atoms with Crippen LogP contribution in [0.2, 0.25) is 5.28 Å². The van der Waals surface area contributed by atoms with Crippen LogP contribution in [0.15, 0.2) is 18.2 Å². The maximum atomic E-state index is 5.88. The Morgan fingerprint density at radius 2 is 1.80 bits per heavy atom. The molecule has 1 N–H and O–H groups in total. The Labute approximate surface area is 123 Å². The second-order valence-corrected chi connectivity index (χ2v) is 4.90. The lowest BCUT2D eigenvalue weighted by atomic mass is 10.1. The van der Waals surface area contributed by atoms with Gasteiger partial charge < -0.3 is 10.1 Å². The maximum Gasteiger partial charge on any atom is 0.322 e. The monoisotopic (exact) mass is 292 g/mol. The minimum absolute atomic E-state index is 0.109. The summed E-state index contributed by atoms with van der Waals surface area (Å²) in [5.74, 6) is 0.376. The summed E-state index contributed by atoms with van der Waals surface area (Å²) in [5, 5.41) is 3.23. The van der Waals surface area contributed by atoms with Gasteiger partial charge >= 0.3 is 6.01 Å². The van der Waals surface area contributed by atoms with Gasteiger partial charge in [-0.3, -0.25) is 0 Å². The van der Waals surface area contributed by atoms with Gasteiger partial charge in [0.25, 0.3) is 0 Å². The average Bonchev–Trinajstić information content (AvgIpc) is 2.34. The van der Waals surface area contributed by atoms with Gasteiger partial charge in [-0.2, -0.15) is 15.0 Å². The maximum absolute atomic E-state index is 5.88. The van der Waals surface area contributed by atoms with Gasteiger partial charge in [0.1, 0.15) is 0 Å². The molecule has 0 amide bonds. The van der Waals surface area contributed by atoms with E-state index in [1.165, 1.54) is 0 Å². The van der Waals surface area contributed by atoms with E-state index >= 15 is 0 Å². The summed E-state index contributed by atoms with van der Waals surface area (Å²) >= 11 is 5.88. The predicted molar refractivity (Wildman–Crippen MR) is 79.8 cm³/mol. The zero-order valence-electron chi connectivity index (χ0n) is 11.8. The second-order valence-electron chi connectivity index (χ2n) is 4.56. The van der Waals surface area contributed by atoms with Crippen molar-refractivity contribution in [3.63, 3.8) is 0 Å². The molecule has 0 spiro atoms. The minimum atomic E-state index is 0.109. The van der Waals surface area contributed by atoms with Gasteiger partial charge in [0.15, 0.2) is 0 Å². The number of ether oxygens (including phenoxy) is 1. The number of halogens is 1. The molecule has 2 aromatic rings. The van der Waals surface area contributed by atoms with Crippen LogP contribution in [-0.2, 0) is 0 Å². The lowest BCUT2D eigenvalue weighted by Gasteiger charge is -2.08. The van der Waals surface area contributed by atoms with E-state index in [1.807, 2.05) is 32.9 Å². The Hall–Kier alpha value is -1.88. The Bertz CT molecular complexity index is 583. The van der Waals surface area contributed by atoms with E-state index in [4.69, 9.17) is 16.3 Å². The summed E-state index contributed by atoms with van der Waals surface area (Å²) in [7, 11) is 0. The van der Waals surface area contributed by atoms with Crippen LogP contribution in [-0.4, -0.2) is 21.6 Å². The molecule has 0 atom stereocenters. The molecule has 0 saturated carbocycles. The molecule has 1 aromatic heterocycles. The van der Waals surface area contributed by atoms with Gasteiger partial charge in [-0.05, 0) is 55.1 Å². The summed E-state index contributed by atoms with van der Waals surface area (Å²) in [5.41, 5.74) is 3.23. The highest BCUT2D eigenvalue weighted by atomic mass is 35.5. The SMILES string of the molecule is CCCOc1nc(Cl)nc(Nc2cc(C)cc(C)c2)n1. The number of hydrogen-bond donors (Lipinski definition) is 1. The van der Waals surface area contributed by atoms with E-state index < -0.39 is 0 Å².